The average molecular weight is 358 g/mol. The van der Waals surface area contributed by atoms with Crippen LogP contribution in [0.25, 0.3) is 0 Å². The van der Waals surface area contributed by atoms with Gasteiger partial charge >= 0.3 is 126 Å². The number of hydrogen-bond donors (Lipinski definition) is 5. The summed E-state index contributed by atoms with van der Waals surface area (Å²) in [6.07, 6.45) is -3.24. The molecule has 20 heavy (non-hydrogen) atoms. The Morgan fingerprint density at radius 3 is 2.45 bits per heavy atom. The standard InChI is InChI=1S/C12H25NO6Se/c1-3-4-12(2,6-20)19-13-8-10(16)9(15)7(5-14)18-11(8)17/h7-11,13-17,20H,3-6H2,1-2H3/t7?,8?,9?,10?,11-,12?/m0/s1. The number of hydroxylamine groups is 1. The molecule has 120 valence electrons. The van der Waals surface area contributed by atoms with Crippen molar-refractivity contribution in [1.82, 2.24) is 5.48 Å². The normalized spacial score (nSPS) is 37.6. The van der Waals surface area contributed by atoms with Crippen molar-refractivity contribution >= 4 is 16.0 Å². The van der Waals surface area contributed by atoms with Gasteiger partial charge in [-0.05, 0) is 0 Å². The molecular weight excluding hydrogens is 333 g/mol. The molecule has 0 spiro atoms. The Kier molecular flexibility index (Phi) is 7.34. The predicted molar refractivity (Wildman–Crippen MR) is 73.3 cm³/mol. The van der Waals surface area contributed by atoms with Gasteiger partial charge in [-0.3, -0.25) is 0 Å². The Morgan fingerprint density at radius 2 is 1.95 bits per heavy atom. The SMILES string of the molecule is CCCC(C)(C[SeH])ONC1C(O)C(O)C(CO)O[C@@H]1O. The molecule has 1 aliphatic heterocycles. The second kappa shape index (κ2) is 8.03. The quantitative estimate of drug-likeness (QED) is 0.269. The van der Waals surface area contributed by atoms with E-state index in [-0.39, 0.29) is 0 Å². The van der Waals surface area contributed by atoms with E-state index in [2.05, 4.69) is 21.5 Å². The third-order valence-electron chi connectivity index (χ3n) is 3.45. The molecule has 8 heteroatoms. The summed E-state index contributed by atoms with van der Waals surface area (Å²) in [5, 5.41) is 39.2. The number of nitrogens with one attached hydrogen (secondary N) is 1. The Hall–Kier alpha value is 0.239. The number of ether oxygens (including phenoxy) is 1. The zero-order valence-electron chi connectivity index (χ0n) is 11.8. The van der Waals surface area contributed by atoms with Crippen LogP contribution >= 0.6 is 0 Å². The van der Waals surface area contributed by atoms with E-state index in [9.17, 15) is 15.3 Å². The molecule has 0 aromatic carbocycles. The van der Waals surface area contributed by atoms with Crippen LogP contribution in [0.3, 0.4) is 0 Å². The van der Waals surface area contributed by atoms with E-state index < -0.39 is 42.9 Å². The third-order valence-corrected chi connectivity index (χ3v) is 4.86. The zero-order chi connectivity index (χ0) is 15.3. The van der Waals surface area contributed by atoms with E-state index in [1.54, 1.807) is 0 Å². The summed E-state index contributed by atoms with van der Waals surface area (Å²) in [6, 6.07) is -0.983. The molecule has 5 N–H and O–H groups in total. The van der Waals surface area contributed by atoms with Crippen molar-refractivity contribution < 1.29 is 30.0 Å². The van der Waals surface area contributed by atoms with Gasteiger partial charge in [0, 0.05) is 0 Å². The molecule has 1 heterocycles. The van der Waals surface area contributed by atoms with Crippen LogP contribution in [-0.4, -0.2) is 79.3 Å². The topological polar surface area (TPSA) is 111 Å². The fourth-order valence-electron chi connectivity index (χ4n) is 2.13. The molecule has 0 bridgehead atoms. The van der Waals surface area contributed by atoms with Crippen molar-refractivity contribution in [3.63, 3.8) is 0 Å². The van der Waals surface area contributed by atoms with Crippen LogP contribution < -0.4 is 5.48 Å². The maximum absolute atomic E-state index is 9.96. The summed E-state index contributed by atoms with van der Waals surface area (Å²) in [5.41, 5.74) is 2.14. The Labute approximate surface area is 127 Å². The molecule has 0 amide bonds. The van der Waals surface area contributed by atoms with Crippen LogP contribution in [0.5, 0.6) is 0 Å². The fraction of sp³-hybridized carbons (Fsp3) is 1.00. The van der Waals surface area contributed by atoms with Crippen molar-refractivity contribution in [3.05, 3.63) is 0 Å². The predicted octanol–water partition coefficient (Wildman–Crippen LogP) is -1.81. The molecule has 7 nitrogen and oxygen atoms in total. The maximum atomic E-state index is 9.96. The van der Waals surface area contributed by atoms with Crippen LogP contribution in [0.15, 0.2) is 0 Å². The van der Waals surface area contributed by atoms with E-state index in [0.717, 1.165) is 12.8 Å². The van der Waals surface area contributed by atoms with Gasteiger partial charge in [-0.15, -0.1) is 0 Å². The molecule has 1 fully saturated rings. The van der Waals surface area contributed by atoms with Crippen molar-refractivity contribution in [2.24, 2.45) is 0 Å². The van der Waals surface area contributed by atoms with E-state index in [0.29, 0.717) is 5.32 Å². The summed E-state index contributed by atoms with van der Waals surface area (Å²) in [5.74, 6) is 0. The summed E-state index contributed by atoms with van der Waals surface area (Å²) in [7, 11) is 0. The van der Waals surface area contributed by atoms with E-state index >= 15 is 0 Å². The molecule has 1 saturated heterocycles. The first-order valence-corrected chi connectivity index (χ1v) is 8.06. The van der Waals surface area contributed by atoms with Gasteiger partial charge in [-0.2, -0.15) is 0 Å². The van der Waals surface area contributed by atoms with Gasteiger partial charge in [0.2, 0.25) is 0 Å². The molecule has 6 atom stereocenters. The van der Waals surface area contributed by atoms with Gasteiger partial charge in [-0.25, -0.2) is 0 Å². The van der Waals surface area contributed by atoms with E-state index in [1.807, 2.05) is 13.8 Å². The molecular formula is C12H25NO6Se. The molecule has 0 aromatic heterocycles. The van der Waals surface area contributed by atoms with Crippen molar-refractivity contribution in [3.8, 4) is 0 Å². The van der Waals surface area contributed by atoms with Crippen LogP contribution in [0.1, 0.15) is 26.7 Å². The van der Waals surface area contributed by atoms with Gasteiger partial charge in [0.1, 0.15) is 0 Å². The second-order valence-electron chi connectivity index (χ2n) is 5.33. The minimum absolute atomic E-state index is 0.451. The van der Waals surface area contributed by atoms with Crippen LogP contribution in [0.4, 0.5) is 0 Å². The Morgan fingerprint density at radius 1 is 1.30 bits per heavy atom. The first-order valence-electron chi connectivity index (χ1n) is 6.73. The van der Waals surface area contributed by atoms with E-state index in [1.165, 1.54) is 0 Å². The number of rotatable bonds is 7. The first kappa shape index (κ1) is 18.3. The number of aliphatic hydroxyl groups is 4. The number of hydrogen-bond acceptors (Lipinski definition) is 7. The van der Waals surface area contributed by atoms with Crippen molar-refractivity contribution in [2.45, 2.75) is 68.3 Å². The van der Waals surface area contributed by atoms with Crippen molar-refractivity contribution in [2.75, 3.05) is 6.61 Å². The van der Waals surface area contributed by atoms with Crippen LogP contribution in [0, 0.1) is 0 Å². The monoisotopic (exact) mass is 359 g/mol. The van der Waals surface area contributed by atoms with Crippen LogP contribution in [-0.2, 0) is 9.57 Å². The summed E-state index contributed by atoms with van der Waals surface area (Å²) >= 11 is 2.44. The van der Waals surface area contributed by atoms with Gasteiger partial charge in [0.25, 0.3) is 0 Å². The molecule has 0 saturated carbocycles. The van der Waals surface area contributed by atoms with Gasteiger partial charge in [0.05, 0.1) is 0 Å². The molecule has 0 aromatic rings. The fourth-order valence-corrected chi connectivity index (χ4v) is 2.59. The molecule has 5 unspecified atom stereocenters. The van der Waals surface area contributed by atoms with E-state index in [4.69, 9.17) is 14.7 Å². The number of aliphatic hydroxyl groups excluding tert-OH is 4. The average Bonchev–Trinajstić information content (AvgIpc) is 2.43. The summed E-state index contributed by atoms with van der Waals surface area (Å²) in [6.45, 7) is 3.47. The molecule has 0 aliphatic carbocycles. The zero-order valence-corrected chi connectivity index (χ0v) is 13.6. The third kappa shape index (κ3) is 4.37. The first-order chi connectivity index (χ1) is 9.38. The van der Waals surface area contributed by atoms with Gasteiger partial charge in [0.15, 0.2) is 0 Å². The van der Waals surface area contributed by atoms with Crippen LogP contribution in [0.2, 0.25) is 5.32 Å². The molecule has 1 rings (SSSR count). The van der Waals surface area contributed by atoms with Crippen molar-refractivity contribution in [1.29, 1.82) is 0 Å². The second-order valence-corrected chi connectivity index (χ2v) is 6.00. The summed E-state index contributed by atoms with van der Waals surface area (Å²) < 4.78 is 5.04. The minimum atomic E-state index is -1.37. The molecule has 0 radical (unpaired) electrons. The molecule has 1 aliphatic rings. The Bertz CT molecular complexity index is 297. The Balaban J connectivity index is 2.62. The summed E-state index contributed by atoms with van der Waals surface area (Å²) in [4.78, 5) is 5.58. The van der Waals surface area contributed by atoms with Gasteiger partial charge in [-0.1, -0.05) is 0 Å². The van der Waals surface area contributed by atoms with Gasteiger partial charge < -0.3 is 0 Å².